The van der Waals surface area contributed by atoms with Crippen LogP contribution in [0.2, 0.25) is 0 Å². The Morgan fingerprint density at radius 1 is 1.37 bits per heavy atom. The fourth-order valence-electron chi connectivity index (χ4n) is 4.44. The molecule has 1 unspecified atom stereocenters. The number of halogens is 1. The van der Waals surface area contributed by atoms with Crippen molar-refractivity contribution >= 4 is 5.91 Å². The van der Waals surface area contributed by atoms with Crippen molar-refractivity contribution in [1.82, 2.24) is 10.2 Å². The molecule has 2 aliphatic rings. The SMILES string of the molecule is COCC1c2cc(C)cc(F)c2CCN1C(=O)CNCC1(O)CCCCC1. The molecule has 2 N–H and O–H groups in total. The Morgan fingerprint density at radius 3 is 2.81 bits per heavy atom. The Bertz CT molecular complexity index is 674. The van der Waals surface area contributed by atoms with Gasteiger partial charge >= 0.3 is 0 Å². The zero-order valence-electron chi connectivity index (χ0n) is 16.4. The van der Waals surface area contributed by atoms with Crippen LogP contribution in [0.25, 0.3) is 0 Å². The van der Waals surface area contributed by atoms with E-state index in [1.807, 2.05) is 13.0 Å². The predicted octanol–water partition coefficient (Wildman–Crippen LogP) is 2.49. The standard InChI is InChI=1S/C21H31FN2O3/c1-15-10-17-16(18(22)11-15)6-9-24(19(17)13-27-2)20(25)12-23-14-21(26)7-4-3-5-8-21/h10-11,19,23,26H,3-9,12-14H2,1-2H3. The largest absolute Gasteiger partial charge is 0.389 e. The van der Waals surface area contributed by atoms with Crippen molar-refractivity contribution < 1.29 is 19.0 Å². The average molecular weight is 378 g/mol. The molecule has 1 heterocycles. The number of hydrogen-bond acceptors (Lipinski definition) is 4. The number of nitrogens with zero attached hydrogens (tertiary/aromatic N) is 1. The molecule has 5 nitrogen and oxygen atoms in total. The molecular formula is C21H31FN2O3. The van der Waals surface area contributed by atoms with Crippen LogP contribution in [0.1, 0.15) is 54.8 Å². The fraction of sp³-hybridized carbons (Fsp3) is 0.667. The number of rotatable bonds is 6. The lowest BCUT2D eigenvalue weighted by atomic mass is 9.85. The van der Waals surface area contributed by atoms with E-state index in [9.17, 15) is 14.3 Å². The smallest absolute Gasteiger partial charge is 0.237 e. The van der Waals surface area contributed by atoms with E-state index >= 15 is 0 Å². The Morgan fingerprint density at radius 2 is 2.11 bits per heavy atom. The molecule has 1 amide bonds. The molecule has 27 heavy (non-hydrogen) atoms. The Labute approximate surface area is 160 Å². The van der Waals surface area contributed by atoms with Crippen LogP contribution in [0.4, 0.5) is 4.39 Å². The monoisotopic (exact) mass is 378 g/mol. The fourth-order valence-corrected chi connectivity index (χ4v) is 4.44. The van der Waals surface area contributed by atoms with Crippen molar-refractivity contribution in [2.75, 3.05) is 33.4 Å². The molecule has 1 aromatic rings. The van der Waals surface area contributed by atoms with Crippen LogP contribution in [-0.4, -0.2) is 54.9 Å². The van der Waals surface area contributed by atoms with Crippen molar-refractivity contribution in [3.63, 3.8) is 0 Å². The lowest BCUT2D eigenvalue weighted by molar-refractivity contribution is -0.134. The summed E-state index contributed by atoms with van der Waals surface area (Å²) in [6, 6.07) is 3.23. The molecule has 6 heteroatoms. The number of aliphatic hydroxyl groups is 1. The Balaban J connectivity index is 1.66. The first kappa shape index (κ1) is 20.2. The number of fused-ring (bicyclic) bond motifs is 1. The summed E-state index contributed by atoms with van der Waals surface area (Å²) in [5.41, 5.74) is 1.69. The number of benzene rings is 1. The summed E-state index contributed by atoms with van der Waals surface area (Å²) in [4.78, 5) is 14.6. The first-order valence-corrected chi connectivity index (χ1v) is 9.94. The lowest BCUT2D eigenvalue weighted by Gasteiger charge is -2.38. The van der Waals surface area contributed by atoms with Gasteiger partial charge in [0.05, 0.1) is 24.8 Å². The van der Waals surface area contributed by atoms with Crippen LogP contribution in [0.15, 0.2) is 12.1 Å². The molecule has 1 atom stereocenters. The van der Waals surface area contributed by atoms with Crippen LogP contribution < -0.4 is 5.32 Å². The number of nitrogens with one attached hydrogen (secondary N) is 1. The maximum absolute atomic E-state index is 14.3. The first-order valence-electron chi connectivity index (χ1n) is 9.94. The summed E-state index contributed by atoms with van der Waals surface area (Å²) in [5.74, 6) is -0.236. The number of hydrogen-bond donors (Lipinski definition) is 2. The molecule has 1 aliphatic carbocycles. The third kappa shape index (κ3) is 4.68. The molecule has 1 aromatic carbocycles. The van der Waals surface area contributed by atoms with E-state index in [1.54, 1.807) is 18.1 Å². The summed E-state index contributed by atoms with van der Waals surface area (Å²) in [5, 5.41) is 13.7. The highest BCUT2D eigenvalue weighted by Gasteiger charge is 2.33. The minimum Gasteiger partial charge on any atom is -0.389 e. The van der Waals surface area contributed by atoms with Crippen LogP contribution in [0.5, 0.6) is 0 Å². The third-order valence-electron chi connectivity index (χ3n) is 5.87. The van der Waals surface area contributed by atoms with Gasteiger partial charge in [0.1, 0.15) is 5.82 Å². The summed E-state index contributed by atoms with van der Waals surface area (Å²) < 4.78 is 19.7. The second kappa shape index (κ2) is 8.67. The molecule has 3 rings (SSSR count). The van der Waals surface area contributed by atoms with E-state index in [-0.39, 0.29) is 24.3 Å². The minimum atomic E-state index is -0.695. The van der Waals surface area contributed by atoms with Crippen LogP contribution in [0.3, 0.4) is 0 Å². The van der Waals surface area contributed by atoms with Crippen LogP contribution in [-0.2, 0) is 16.0 Å². The van der Waals surface area contributed by atoms with Crippen LogP contribution >= 0.6 is 0 Å². The Kier molecular flexibility index (Phi) is 6.50. The van der Waals surface area contributed by atoms with Crippen molar-refractivity contribution in [3.8, 4) is 0 Å². The van der Waals surface area contributed by atoms with Gasteiger partial charge in [0.25, 0.3) is 0 Å². The number of carbonyl (C=O) groups is 1. The van der Waals surface area contributed by atoms with E-state index in [1.165, 1.54) is 6.42 Å². The highest BCUT2D eigenvalue weighted by atomic mass is 19.1. The number of ether oxygens (including phenoxy) is 1. The van der Waals surface area contributed by atoms with E-state index in [0.717, 1.165) is 36.8 Å². The van der Waals surface area contributed by atoms with E-state index in [4.69, 9.17) is 4.74 Å². The summed E-state index contributed by atoms with van der Waals surface area (Å²) in [6.07, 6.45) is 5.33. The van der Waals surface area contributed by atoms with Crippen molar-refractivity contribution in [2.45, 2.75) is 57.1 Å². The molecule has 1 saturated carbocycles. The van der Waals surface area contributed by atoms with Gasteiger partial charge in [0.2, 0.25) is 5.91 Å². The molecule has 0 aromatic heterocycles. The maximum Gasteiger partial charge on any atom is 0.237 e. The molecule has 0 saturated heterocycles. The van der Waals surface area contributed by atoms with Gasteiger partial charge in [0.15, 0.2) is 0 Å². The van der Waals surface area contributed by atoms with Gasteiger partial charge in [-0.1, -0.05) is 25.3 Å². The van der Waals surface area contributed by atoms with Gasteiger partial charge < -0.3 is 20.1 Å². The lowest BCUT2D eigenvalue weighted by Crippen LogP contribution is -2.49. The quantitative estimate of drug-likeness (QED) is 0.798. The molecule has 1 fully saturated rings. The van der Waals surface area contributed by atoms with Gasteiger partial charge in [-0.3, -0.25) is 4.79 Å². The molecule has 1 aliphatic heterocycles. The predicted molar refractivity (Wildman–Crippen MR) is 102 cm³/mol. The van der Waals surface area contributed by atoms with Gasteiger partial charge in [-0.05, 0) is 48.9 Å². The second-order valence-electron chi connectivity index (χ2n) is 8.01. The molecular weight excluding hydrogens is 347 g/mol. The highest BCUT2D eigenvalue weighted by Crippen LogP contribution is 2.33. The topological polar surface area (TPSA) is 61.8 Å². The maximum atomic E-state index is 14.3. The van der Waals surface area contributed by atoms with E-state index in [0.29, 0.717) is 31.7 Å². The van der Waals surface area contributed by atoms with Gasteiger partial charge in [-0.2, -0.15) is 0 Å². The van der Waals surface area contributed by atoms with E-state index < -0.39 is 5.60 Å². The van der Waals surface area contributed by atoms with Crippen LogP contribution in [0, 0.1) is 12.7 Å². The number of carbonyl (C=O) groups excluding carboxylic acids is 1. The first-order chi connectivity index (χ1) is 12.9. The second-order valence-corrected chi connectivity index (χ2v) is 8.01. The Hall–Kier alpha value is -1.50. The molecule has 150 valence electrons. The van der Waals surface area contributed by atoms with E-state index in [2.05, 4.69) is 5.32 Å². The number of amides is 1. The van der Waals surface area contributed by atoms with Crippen molar-refractivity contribution in [3.05, 3.63) is 34.6 Å². The normalized spacial score (nSPS) is 21.8. The van der Waals surface area contributed by atoms with Gasteiger partial charge in [-0.25, -0.2) is 4.39 Å². The van der Waals surface area contributed by atoms with Crippen molar-refractivity contribution in [2.24, 2.45) is 0 Å². The zero-order chi connectivity index (χ0) is 19.4. The highest BCUT2D eigenvalue weighted by molar-refractivity contribution is 5.79. The summed E-state index contributed by atoms with van der Waals surface area (Å²) in [6.45, 7) is 3.29. The summed E-state index contributed by atoms with van der Waals surface area (Å²) >= 11 is 0. The van der Waals surface area contributed by atoms with Gasteiger partial charge in [0, 0.05) is 20.2 Å². The summed E-state index contributed by atoms with van der Waals surface area (Å²) in [7, 11) is 1.60. The third-order valence-corrected chi connectivity index (χ3v) is 5.87. The minimum absolute atomic E-state index is 0.0379. The number of methoxy groups -OCH3 is 1. The van der Waals surface area contributed by atoms with Crippen molar-refractivity contribution in [1.29, 1.82) is 0 Å². The average Bonchev–Trinajstić information content (AvgIpc) is 2.62. The van der Waals surface area contributed by atoms with Gasteiger partial charge in [-0.15, -0.1) is 0 Å². The number of aryl methyl sites for hydroxylation is 1. The molecule has 0 bridgehead atoms. The zero-order valence-corrected chi connectivity index (χ0v) is 16.4. The molecule has 0 spiro atoms. The molecule has 0 radical (unpaired) electrons.